The molecule has 19 heavy (non-hydrogen) atoms. The molecule has 5 nitrogen and oxygen atoms in total. The Hall–Kier alpha value is -1.79. The minimum absolute atomic E-state index is 0.270. The van der Waals surface area contributed by atoms with Gasteiger partial charge in [0.15, 0.2) is 5.82 Å². The van der Waals surface area contributed by atoms with Crippen LogP contribution in [0, 0.1) is 5.82 Å². The zero-order valence-electron chi connectivity index (χ0n) is 10.7. The summed E-state index contributed by atoms with van der Waals surface area (Å²) in [5, 5.41) is 3.82. The van der Waals surface area contributed by atoms with Crippen LogP contribution in [0.5, 0.6) is 0 Å². The lowest BCUT2D eigenvalue weighted by Crippen LogP contribution is -2.18. The summed E-state index contributed by atoms with van der Waals surface area (Å²) in [6.45, 7) is 2.84. The molecule has 102 valence electrons. The van der Waals surface area contributed by atoms with Gasteiger partial charge in [0.1, 0.15) is 5.82 Å². The third-order valence-corrected chi connectivity index (χ3v) is 2.59. The van der Waals surface area contributed by atoms with E-state index in [2.05, 4.69) is 10.1 Å². The number of aromatic nitrogens is 2. The van der Waals surface area contributed by atoms with Gasteiger partial charge < -0.3 is 15.0 Å². The second kappa shape index (κ2) is 6.40. The Balaban J connectivity index is 1.98. The van der Waals surface area contributed by atoms with Crippen molar-refractivity contribution in [2.75, 3.05) is 13.2 Å². The van der Waals surface area contributed by atoms with Crippen molar-refractivity contribution in [3.63, 3.8) is 0 Å². The van der Waals surface area contributed by atoms with Crippen LogP contribution in [0.1, 0.15) is 30.2 Å². The van der Waals surface area contributed by atoms with Crippen molar-refractivity contribution in [1.82, 2.24) is 10.1 Å². The molecule has 0 spiro atoms. The predicted octanol–water partition coefficient (Wildman–Crippen LogP) is 1.84. The number of hydrogen-bond donors (Lipinski definition) is 1. The van der Waals surface area contributed by atoms with E-state index in [0.29, 0.717) is 31.3 Å². The molecule has 6 heteroatoms. The highest BCUT2D eigenvalue weighted by Gasteiger charge is 2.14. The zero-order chi connectivity index (χ0) is 13.7. The molecule has 0 amide bonds. The van der Waals surface area contributed by atoms with Crippen LogP contribution in [0.15, 0.2) is 28.8 Å². The van der Waals surface area contributed by atoms with Crippen LogP contribution >= 0.6 is 0 Å². The van der Waals surface area contributed by atoms with Crippen LogP contribution in [0.3, 0.4) is 0 Å². The van der Waals surface area contributed by atoms with Crippen LogP contribution in [0.2, 0.25) is 0 Å². The van der Waals surface area contributed by atoms with Gasteiger partial charge in [-0.15, -0.1) is 0 Å². The molecule has 1 aromatic carbocycles. The number of nitrogens with zero attached hydrogens (tertiary/aromatic N) is 2. The number of rotatable bonds is 6. The van der Waals surface area contributed by atoms with Gasteiger partial charge in [-0.05, 0) is 24.6 Å². The normalized spacial score (nSPS) is 12.6. The van der Waals surface area contributed by atoms with Crippen molar-refractivity contribution < 1.29 is 13.7 Å². The molecule has 2 aromatic rings. The molecule has 2 rings (SSSR count). The third kappa shape index (κ3) is 3.84. The van der Waals surface area contributed by atoms with Gasteiger partial charge in [-0.25, -0.2) is 4.39 Å². The smallest absolute Gasteiger partial charge is 0.231 e. The average Bonchev–Trinajstić information content (AvgIpc) is 2.87. The maximum absolute atomic E-state index is 12.8. The Morgan fingerprint density at radius 3 is 2.79 bits per heavy atom. The summed E-state index contributed by atoms with van der Waals surface area (Å²) in [7, 11) is 0. The molecular formula is C13H16FN3O2. The second-order valence-corrected chi connectivity index (χ2v) is 4.12. The van der Waals surface area contributed by atoms with E-state index in [1.165, 1.54) is 12.1 Å². The van der Waals surface area contributed by atoms with E-state index < -0.39 is 6.04 Å². The van der Waals surface area contributed by atoms with Gasteiger partial charge in [0.2, 0.25) is 5.89 Å². The fourth-order valence-corrected chi connectivity index (χ4v) is 1.59. The molecule has 0 aliphatic heterocycles. The van der Waals surface area contributed by atoms with Gasteiger partial charge in [0.25, 0.3) is 0 Å². The van der Waals surface area contributed by atoms with Crippen LogP contribution in [0.25, 0.3) is 0 Å². The number of ether oxygens (including phenoxy) is 1. The molecule has 0 radical (unpaired) electrons. The molecule has 0 fully saturated rings. The van der Waals surface area contributed by atoms with Gasteiger partial charge in [-0.3, -0.25) is 0 Å². The van der Waals surface area contributed by atoms with E-state index in [1.54, 1.807) is 12.1 Å². The lowest BCUT2D eigenvalue weighted by Gasteiger charge is -2.05. The lowest BCUT2D eigenvalue weighted by atomic mass is 10.1. The zero-order valence-corrected chi connectivity index (χ0v) is 10.7. The summed E-state index contributed by atoms with van der Waals surface area (Å²) < 4.78 is 23.1. The molecule has 0 bridgehead atoms. The number of benzene rings is 1. The van der Waals surface area contributed by atoms with Gasteiger partial charge in [0, 0.05) is 6.61 Å². The standard InChI is InChI=1S/C13H16FN3O2/c1-2-18-8-11(15)13-16-12(19-17-13)7-9-3-5-10(14)6-4-9/h3-6,11H,2,7-8,15H2,1H3. The molecule has 2 N–H and O–H groups in total. The monoisotopic (exact) mass is 265 g/mol. The largest absolute Gasteiger partial charge is 0.380 e. The van der Waals surface area contributed by atoms with E-state index in [4.69, 9.17) is 15.0 Å². The fourth-order valence-electron chi connectivity index (χ4n) is 1.59. The molecule has 1 unspecified atom stereocenters. The fraction of sp³-hybridized carbons (Fsp3) is 0.385. The van der Waals surface area contributed by atoms with E-state index in [0.717, 1.165) is 5.56 Å². The van der Waals surface area contributed by atoms with Crippen molar-refractivity contribution >= 4 is 0 Å². The maximum Gasteiger partial charge on any atom is 0.231 e. The molecule has 0 saturated carbocycles. The van der Waals surface area contributed by atoms with Gasteiger partial charge >= 0.3 is 0 Å². The summed E-state index contributed by atoms with van der Waals surface area (Å²) in [5.41, 5.74) is 6.75. The van der Waals surface area contributed by atoms with Crippen LogP contribution in [0.4, 0.5) is 4.39 Å². The van der Waals surface area contributed by atoms with Gasteiger partial charge in [0.05, 0.1) is 19.1 Å². The quantitative estimate of drug-likeness (QED) is 0.862. The highest BCUT2D eigenvalue weighted by atomic mass is 19.1. The van der Waals surface area contributed by atoms with E-state index in [1.807, 2.05) is 6.92 Å². The van der Waals surface area contributed by atoms with Crippen molar-refractivity contribution in [3.8, 4) is 0 Å². The van der Waals surface area contributed by atoms with E-state index in [9.17, 15) is 4.39 Å². The Bertz CT molecular complexity index is 513. The minimum Gasteiger partial charge on any atom is -0.380 e. The van der Waals surface area contributed by atoms with Crippen molar-refractivity contribution in [2.24, 2.45) is 5.73 Å². The first kappa shape index (κ1) is 13.6. The van der Waals surface area contributed by atoms with E-state index in [-0.39, 0.29) is 5.82 Å². The van der Waals surface area contributed by atoms with Crippen molar-refractivity contribution in [1.29, 1.82) is 0 Å². The Morgan fingerprint density at radius 1 is 1.37 bits per heavy atom. The van der Waals surface area contributed by atoms with Crippen LogP contribution < -0.4 is 5.73 Å². The molecule has 0 saturated heterocycles. The predicted molar refractivity (Wildman–Crippen MR) is 66.9 cm³/mol. The first-order valence-corrected chi connectivity index (χ1v) is 6.09. The summed E-state index contributed by atoms with van der Waals surface area (Å²) in [6.07, 6.45) is 0.453. The SMILES string of the molecule is CCOCC(N)c1noc(Cc2ccc(F)cc2)n1. The Labute approximate surface area is 110 Å². The molecule has 1 heterocycles. The number of halogens is 1. The molecular weight excluding hydrogens is 249 g/mol. The summed E-state index contributed by atoms with van der Waals surface area (Å²) in [6, 6.07) is 5.75. The first-order chi connectivity index (χ1) is 9.19. The summed E-state index contributed by atoms with van der Waals surface area (Å²) in [4.78, 5) is 4.20. The topological polar surface area (TPSA) is 74.2 Å². The Kier molecular flexibility index (Phi) is 4.59. The van der Waals surface area contributed by atoms with Gasteiger partial charge in [-0.2, -0.15) is 4.98 Å². The lowest BCUT2D eigenvalue weighted by molar-refractivity contribution is 0.130. The second-order valence-electron chi connectivity index (χ2n) is 4.12. The number of nitrogens with two attached hydrogens (primary N) is 1. The molecule has 1 aromatic heterocycles. The number of hydrogen-bond acceptors (Lipinski definition) is 5. The van der Waals surface area contributed by atoms with E-state index >= 15 is 0 Å². The third-order valence-electron chi connectivity index (χ3n) is 2.59. The van der Waals surface area contributed by atoms with Crippen LogP contribution in [-0.4, -0.2) is 23.4 Å². The molecule has 0 aliphatic rings. The minimum atomic E-state index is -0.398. The average molecular weight is 265 g/mol. The van der Waals surface area contributed by atoms with Gasteiger partial charge in [-0.1, -0.05) is 17.3 Å². The highest BCUT2D eigenvalue weighted by Crippen LogP contribution is 2.11. The Morgan fingerprint density at radius 2 is 2.11 bits per heavy atom. The molecule has 1 atom stereocenters. The molecule has 0 aliphatic carbocycles. The summed E-state index contributed by atoms with van der Waals surface area (Å²) >= 11 is 0. The maximum atomic E-state index is 12.8. The van der Waals surface area contributed by atoms with Crippen LogP contribution in [-0.2, 0) is 11.2 Å². The highest BCUT2D eigenvalue weighted by molar-refractivity contribution is 5.19. The van der Waals surface area contributed by atoms with Crippen molar-refractivity contribution in [2.45, 2.75) is 19.4 Å². The van der Waals surface area contributed by atoms with Crippen molar-refractivity contribution in [3.05, 3.63) is 47.4 Å². The summed E-state index contributed by atoms with van der Waals surface area (Å²) in [5.74, 6) is 0.604. The first-order valence-electron chi connectivity index (χ1n) is 6.09.